The third-order valence-electron chi connectivity index (χ3n) is 3.82. The molecule has 0 aromatic heterocycles. The maximum atomic E-state index is 12.2. The number of rotatable bonds is 8. The highest BCUT2D eigenvalue weighted by Crippen LogP contribution is 2.18. The number of anilines is 1. The molecular formula is C21H18N2O5. The zero-order valence-electron chi connectivity index (χ0n) is 14.9. The number of ether oxygens (including phenoxy) is 2. The van der Waals surface area contributed by atoms with E-state index in [4.69, 9.17) is 9.47 Å². The number of non-ortho nitro benzene ring substituents is 1. The number of carbonyl (C=O) groups is 1. The summed E-state index contributed by atoms with van der Waals surface area (Å²) in [6, 6.07) is 21.8. The van der Waals surface area contributed by atoms with E-state index in [-0.39, 0.29) is 11.6 Å². The Labute approximate surface area is 161 Å². The number of amides is 1. The van der Waals surface area contributed by atoms with Gasteiger partial charge in [-0.2, -0.15) is 0 Å². The van der Waals surface area contributed by atoms with E-state index in [1.807, 2.05) is 30.3 Å². The van der Waals surface area contributed by atoms with Crippen LogP contribution in [0.2, 0.25) is 0 Å². The first-order valence-electron chi connectivity index (χ1n) is 8.58. The number of nitrogens with one attached hydrogen (secondary N) is 1. The summed E-state index contributed by atoms with van der Waals surface area (Å²) in [4.78, 5) is 22.3. The number of para-hydroxylation sites is 1. The minimum absolute atomic E-state index is 0.0608. The SMILES string of the molecule is O=C(Nc1ccc(OCCOc2ccccc2)cc1)c1ccc([N+](=O)[O-])cc1. The van der Waals surface area contributed by atoms with Gasteiger partial charge in [0.2, 0.25) is 0 Å². The number of nitro benzene ring substituents is 1. The molecule has 0 bridgehead atoms. The molecule has 3 aromatic carbocycles. The maximum absolute atomic E-state index is 12.2. The quantitative estimate of drug-likeness (QED) is 0.358. The number of nitro groups is 1. The second-order valence-electron chi connectivity index (χ2n) is 5.79. The number of benzene rings is 3. The van der Waals surface area contributed by atoms with E-state index in [2.05, 4.69) is 5.32 Å². The second-order valence-corrected chi connectivity index (χ2v) is 5.79. The van der Waals surface area contributed by atoms with Gasteiger partial charge < -0.3 is 14.8 Å². The highest BCUT2D eigenvalue weighted by Gasteiger charge is 2.09. The summed E-state index contributed by atoms with van der Waals surface area (Å²) in [5.74, 6) is 1.10. The Morgan fingerprint density at radius 3 is 1.96 bits per heavy atom. The molecule has 0 atom stereocenters. The molecule has 1 amide bonds. The summed E-state index contributed by atoms with van der Waals surface area (Å²) in [6.07, 6.45) is 0. The normalized spacial score (nSPS) is 10.1. The zero-order valence-corrected chi connectivity index (χ0v) is 14.9. The van der Waals surface area contributed by atoms with Crippen molar-refractivity contribution < 1.29 is 19.2 Å². The van der Waals surface area contributed by atoms with Crippen LogP contribution in [0, 0.1) is 10.1 Å². The first-order chi connectivity index (χ1) is 13.6. The molecule has 0 saturated heterocycles. The molecule has 3 aromatic rings. The third-order valence-corrected chi connectivity index (χ3v) is 3.82. The van der Waals surface area contributed by atoms with Crippen LogP contribution in [0.1, 0.15) is 10.4 Å². The van der Waals surface area contributed by atoms with Crippen molar-refractivity contribution in [3.63, 3.8) is 0 Å². The van der Waals surface area contributed by atoms with Gasteiger partial charge in [-0.05, 0) is 48.5 Å². The monoisotopic (exact) mass is 378 g/mol. The van der Waals surface area contributed by atoms with E-state index < -0.39 is 4.92 Å². The summed E-state index contributed by atoms with van der Waals surface area (Å²) in [5, 5.41) is 13.4. The average Bonchev–Trinajstić information content (AvgIpc) is 2.73. The summed E-state index contributed by atoms with van der Waals surface area (Å²) in [7, 11) is 0. The summed E-state index contributed by atoms with van der Waals surface area (Å²) >= 11 is 0. The van der Waals surface area contributed by atoms with Crippen molar-refractivity contribution in [3.8, 4) is 11.5 Å². The molecule has 0 fully saturated rings. The Hall–Kier alpha value is -3.87. The fourth-order valence-corrected chi connectivity index (χ4v) is 2.41. The van der Waals surface area contributed by atoms with Gasteiger partial charge in [0.05, 0.1) is 4.92 Å². The molecule has 0 saturated carbocycles. The molecule has 7 nitrogen and oxygen atoms in total. The molecule has 0 spiro atoms. The third kappa shape index (κ3) is 5.31. The van der Waals surface area contributed by atoms with Crippen LogP contribution in [0.5, 0.6) is 11.5 Å². The molecule has 7 heteroatoms. The molecule has 0 unspecified atom stereocenters. The van der Waals surface area contributed by atoms with Gasteiger partial charge in [0.1, 0.15) is 24.7 Å². The predicted octanol–water partition coefficient (Wildman–Crippen LogP) is 4.30. The standard InChI is InChI=1S/C21H18N2O5/c24-21(16-6-10-18(11-7-16)23(25)26)22-17-8-12-20(13-9-17)28-15-14-27-19-4-2-1-3-5-19/h1-13H,14-15H2,(H,22,24). The average molecular weight is 378 g/mol. The predicted molar refractivity (Wildman–Crippen MR) is 105 cm³/mol. The fourth-order valence-electron chi connectivity index (χ4n) is 2.41. The molecule has 28 heavy (non-hydrogen) atoms. The van der Waals surface area contributed by atoms with Crippen molar-refractivity contribution in [1.82, 2.24) is 0 Å². The van der Waals surface area contributed by atoms with Crippen molar-refractivity contribution in [2.75, 3.05) is 18.5 Å². The van der Waals surface area contributed by atoms with E-state index in [1.54, 1.807) is 24.3 Å². The Morgan fingerprint density at radius 2 is 1.39 bits per heavy atom. The van der Waals surface area contributed by atoms with Gasteiger partial charge in [-0.3, -0.25) is 14.9 Å². The first kappa shape index (κ1) is 18.9. The summed E-state index contributed by atoms with van der Waals surface area (Å²) < 4.78 is 11.2. The van der Waals surface area contributed by atoms with Crippen LogP contribution in [-0.4, -0.2) is 24.0 Å². The number of nitrogens with zero attached hydrogens (tertiary/aromatic N) is 1. The Bertz CT molecular complexity index is 925. The molecule has 0 aliphatic heterocycles. The lowest BCUT2D eigenvalue weighted by atomic mass is 10.2. The molecule has 0 aliphatic carbocycles. The molecular weight excluding hydrogens is 360 g/mol. The highest BCUT2D eigenvalue weighted by molar-refractivity contribution is 6.04. The van der Waals surface area contributed by atoms with E-state index in [1.165, 1.54) is 24.3 Å². The van der Waals surface area contributed by atoms with Gasteiger partial charge in [-0.25, -0.2) is 0 Å². The molecule has 0 radical (unpaired) electrons. The van der Waals surface area contributed by atoms with Gasteiger partial charge in [0.25, 0.3) is 11.6 Å². The van der Waals surface area contributed by atoms with Gasteiger partial charge in [0, 0.05) is 23.4 Å². The van der Waals surface area contributed by atoms with Crippen molar-refractivity contribution >= 4 is 17.3 Å². The lowest BCUT2D eigenvalue weighted by Gasteiger charge is -2.09. The Balaban J connectivity index is 1.47. The van der Waals surface area contributed by atoms with Crippen LogP contribution in [0.4, 0.5) is 11.4 Å². The van der Waals surface area contributed by atoms with E-state index >= 15 is 0 Å². The van der Waals surface area contributed by atoms with Crippen LogP contribution in [0.15, 0.2) is 78.9 Å². The van der Waals surface area contributed by atoms with Crippen LogP contribution >= 0.6 is 0 Å². The van der Waals surface area contributed by atoms with E-state index in [0.29, 0.717) is 30.2 Å². The molecule has 0 heterocycles. The Kier molecular flexibility index (Phi) is 6.20. The minimum atomic E-state index is -0.509. The zero-order chi connectivity index (χ0) is 19.8. The topological polar surface area (TPSA) is 90.7 Å². The van der Waals surface area contributed by atoms with Crippen LogP contribution in [0.3, 0.4) is 0 Å². The van der Waals surface area contributed by atoms with Crippen molar-refractivity contribution in [2.45, 2.75) is 0 Å². The molecule has 142 valence electrons. The van der Waals surface area contributed by atoms with Gasteiger partial charge in [-0.1, -0.05) is 18.2 Å². The van der Waals surface area contributed by atoms with Crippen LogP contribution in [-0.2, 0) is 0 Å². The maximum Gasteiger partial charge on any atom is 0.269 e. The lowest BCUT2D eigenvalue weighted by molar-refractivity contribution is -0.384. The van der Waals surface area contributed by atoms with Crippen molar-refractivity contribution in [2.24, 2.45) is 0 Å². The van der Waals surface area contributed by atoms with Gasteiger partial charge in [-0.15, -0.1) is 0 Å². The number of hydrogen-bond acceptors (Lipinski definition) is 5. The fraction of sp³-hybridized carbons (Fsp3) is 0.0952. The molecule has 0 aliphatic rings. The first-order valence-corrected chi connectivity index (χ1v) is 8.58. The summed E-state index contributed by atoms with van der Waals surface area (Å²) in [5.41, 5.74) is 0.870. The van der Waals surface area contributed by atoms with Crippen molar-refractivity contribution in [1.29, 1.82) is 0 Å². The van der Waals surface area contributed by atoms with Crippen LogP contribution in [0.25, 0.3) is 0 Å². The highest BCUT2D eigenvalue weighted by atomic mass is 16.6. The Morgan fingerprint density at radius 1 is 0.821 bits per heavy atom. The number of hydrogen-bond donors (Lipinski definition) is 1. The van der Waals surface area contributed by atoms with Gasteiger partial charge >= 0.3 is 0 Å². The smallest absolute Gasteiger partial charge is 0.269 e. The lowest BCUT2D eigenvalue weighted by Crippen LogP contribution is -2.12. The van der Waals surface area contributed by atoms with E-state index in [0.717, 1.165) is 5.75 Å². The molecule has 1 N–H and O–H groups in total. The van der Waals surface area contributed by atoms with Crippen molar-refractivity contribution in [3.05, 3.63) is 94.5 Å². The number of carbonyl (C=O) groups excluding carboxylic acids is 1. The second kappa shape index (κ2) is 9.18. The summed E-state index contributed by atoms with van der Waals surface area (Å²) in [6.45, 7) is 0.812. The largest absolute Gasteiger partial charge is 0.490 e. The van der Waals surface area contributed by atoms with Crippen LogP contribution < -0.4 is 14.8 Å². The van der Waals surface area contributed by atoms with E-state index in [9.17, 15) is 14.9 Å². The van der Waals surface area contributed by atoms with Gasteiger partial charge in [0.15, 0.2) is 0 Å². The minimum Gasteiger partial charge on any atom is -0.490 e. The molecule has 3 rings (SSSR count).